The molecule has 17 nitrogen and oxygen atoms in total. The lowest BCUT2D eigenvalue weighted by molar-refractivity contribution is -0.0384. The van der Waals surface area contributed by atoms with Gasteiger partial charge in [-0.15, -0.1) is 10.2 Å². The number of tetrazole rings is 1. The first-order valence-electron chi connectivity index (χ1n) is 17.5. The lowest BCUT2D eigenvalue weighted by atomic mass is 9.91. The van der Waals surface area contributed by atoms with Crippen molar-refractivity contribution in [3.63, 3.8) is 0 Å². The minimum absolute atomic E-state index is 0.00780. The van der Waals surface area contributed by atoms with Gasteiger partial charge in [0.2, 0.25) is 11.8 Å². The molecule has 0 bridgehead atoms. The van der Waals surface area contributed by atoms with Gasteiger partial charge in [0, 0.05) is 37.8 Å². The first-order valence-corrected chi connectivity index (χ1v) is 17.5. The maximum atomic E-state index is 12.8. The van der Waals surface area contributed by atoms with Crippen LogP contribution in [0.4, 0.5) is 22.2 Å². The van der Waals surface area contributed by atoms with E-state index in [2.05, 4.69) is 65.6 Å². The van der Waals surface area contributed by atoms with Gasteiger partial charge in [-0.05, 0) is 41.8 Å². The number of aryl methyl sites for hydroxylation is 1. The SMILES string of the molecule is CCn1nnc([C@H]2O[C@@H](n3cnc4c(NCC(c5ccccc5)c5ccccc5)nc(N5CC[C@@H](NC(=O)Nc6cccnc6)C5)nc43)[C@H](O)[C@@H]2O)n1. The van der Waals surface area contributed by atoms with Crippen molar-refractivity contribution in [2.45, 2.75) is 56.4 Å². The maximum Gasteiger partial charge on any atom is 0.319 e. The number of nitrogens with zero attached hydrogens (tertiary/aromatic N) is 10. The number of hydrogen-bond donors (Lipinski definition) is 5. The van der Waals surface area contributed by atoms with Crippen LogP contribution in [0.1, 0.15) is 48.5 Å². The Morgan fingerprint density at radius 2 is 1.77 bits per heavy atom. The first kappa shape index (κ1) is 34.1. The zero-order valence-corrected chi connectivity index (χ0v) is 28.8. The monoisotopic (exact) mass is 717 g/mol. The third-order valence-corrected chi connectivity index (χ3v) is 9.53. The van der Waals surface area contributed by atoms with Crippen LogP contribution in [-0.4, -0.2) is 98.8 Å². The number of carbonyl (C=O) groups excluding carboxylic acids is 1. The number of hydrogen-bond acceptors (Lipinski definition) is 13. The molecule has 2 saturated heterocycles. The molecule has 2 fully saturated rings. The smallest absolute Gasteiger partial charge is 0.319 e. The second kappa shape index (κ2) is 14.9. The molecule has 2 aliphatic heterocycles. The number of urea groups is 1. The zero-order valence-electron chi connectivity index (χ0n) is 28.8. The summed E-state index contributed by atoms with van der Waals surface area (Å²) in [6.07, 6.45) is 0.658. The number of carbonyl (C=O) groups is 1. The van der Waals surface area contributed by atoms with Gasteiger partial charge in [0.25, 0.3) is 0 Å². The van der Waals surface area contributed by atoms with E-state index in [1.807, 2.05) is 48.2 Å². The molecular weight excluding hydrogens is 678 g/mol. The standard InChI is InChI=1S/C36H39N13O4/c1-2-49-45-32(44-46-49)30-28(50)29(51)34(53-30)48-21-39-27-31(38-19-26(22-10-5-3-6-11-22)23-12-7-4-8-13-23)42-35(43-33(27)48)47-17-15-25(20-47)41-36(52)40-24-14-9-16-37-18-24/h3-14,16,18,21,25-26,28-30,34,50-51H,2,15,17,19-20H2,1H3,(H,38,42,43)(H2,40,41,52)/t25-,28+,29-,30+,34-/m1/s1. The molecule has 0 spiro atoms. The third-order valence-electron chi connectivity index (χ3n) is 9.53. The molecular formula is C36H39N13O4. The number of rotatable bonds is 11. The van der Waals surface area contributed by atoms with Crippen LogP contribution in [0.2, 0.25) is 0 Å². The van der Waals surface area contributed by atoms with E-state index in [1.165, 1.54) is 11.1 Å². The Bertz CT molecular complexity index is 2110. The minimum Gasteiger partial charge on any atom is -0.387 e. The van der Waals surface area contributed by atoms with Gasteiger partial charge in [0.15, 0.2) is 29.3 Å². The van der Waals surface area contributed by atoms with Gasteiger partial charge in [-0.25, -0.2) is 9.78 Å². The van der Waals surface area contributed by atoms with Crippen molar-refractivity contribution in [3.05, 3.63) is 108 Å². The molecule has 6 heterocycles. The van der Waals surface area contributed by atoms with E-state index in [1.54, 1.807) is 29.1 Å². The Hall–Kier alpha value is -6.04. The lowest BCUT2D eigenvalue weighted by Gasteiger charge is -2.22. The fourth-order valence-electron chi connectivity index (χ4n) is 6.81. The Morgan fingerprint density at radius 1 is 1.00 bits per heavy atom. The summed E-state index contributed by atoms with van der Waals surface area (Å²) in [5.41, 5.74) is 3.72. The molecule has 53 heavy (non-hydrogen) atoms. The highest BCUT2D eigenvalue weighted by atomic mass is 16.6. The Labute approximate surface area is 304 Å². The first-order chi connectivity index (χ1) is 25.9. The number of aliphatic hydroxyl groups is 2. The largest absolute Gasteiger partial charge is 0.387 e. The van der Waals surface area contributed by atoms with E-state index >= 15 is 0 Å². The second-order valence-corrected chi connectivity index (χ2v) is 13.0. The molecule has 0 saturated carbocycles. The van der Waals surface area contributed by atoms with Crippen LogP contribution in [0.25, 0.3) is 11.2 Å². The molecule has 5 N–H and O–H groups in total. The van der Waals surface area contributed by atoms with Gasteiger partial charge < -0.3 is 35.8 Å². The molecule has 272 valence electrons. The van der Waals surface area contributed by atoms with Crippen molar-refractivity contribution in [2.24, 2.45) is 0 Å². The van der Waals surface area contributed by atoms with Gasteiger partial charge >= 0.3 is 6.03 Å². The molecule has 6 aromatic rings. The highest BCUT2D eigenvalue weighted by Gasteiger charge is 2.47. The summed E-state index contributed by atoms with van der Waals surface area (Å²) in [6.45, 7) is 3.88. The summed E-state index contributed by atoms with van der Waals surface area (Å²) < 4.78 is 7.80. The number of nitrogens with one attached hydrogen (secondary N) is 3. The predicted octanol–water partition coefficient (Wildman–Crippen LogP) is 2.86. The molecule has 2 aliphatic rings. The Kier molecular flexibility index (Phi) is 9.58. The molecule has 5 atom stereocenters. The summed E-state index contributed by atoms with van der Waals surface area (Å²) in [4.78, 5) is 34.8. The van der Waals surface area contributed by atoms with Crippen molar-refractivity contribution in [3.8, 4) is 0 Å². The number of imidazole rings is 1. The van der Waals surface area contributed by atoms with Crippen LogP contribution in [-0.2, 0) is 11.3 Å². The van der Waals surface area contributed by atoms with Gasteiger partial charge in [0.1, 0.15) is 12.2 Å². The Balaban J connectivity index is 1.10. The lowest BCUT2D eigenvalue weighted by Crippen LogP contribution is -2.40. The molecule has 0 unspecified atom stereocenters. The molecule has 2 amide bonds. The van der Waals surface area contributed by atoms with Crippen LogP contribution in [0.15, 0.2) is 91.5 Å². The van der Waals surface area contributed by atoms with Gasteiger partial charge in [0.05, 0.1) is 24.8 Å². The van der Waals surface area contributed by atoms with E-state index in [-0.39, 0.29) is 23.8 Å². The summed E-state index contributed by atoms with van der Waals surface area (Å²) >= 11 is 0. The van der Waals surface area contributed by atoms with E-state index in [9.17, 15) is 15.0 Å². The van der Waals surface area contributed by atoms with Crippen molar-refractivity contribution in [1.29, 1.82) is 0 Å². The third kappa shape index (κ3) is 7.09. The molecule has 4 aromatic heterocycles. The number of pyridine rings is 1. The number of aromatic nitrogens is 9. The van der Waals surface area contributed by atoms with E-state index < -0.39 is 24.5 Å². The van der Waals surface area contributed by atoms with Crippen LogP contribution >= 0.6 is 0 Å². The van der Waals surface area contributed by atoms with E-state index in [0.717, 1.165) is 11.1 Å². The summed E-state index contributed by atoms with van der Waals surface area (Å²) in [5, 5.41) is 44.0. The van der Waals surface area contributed by atoms with Gasteiger partial charge in [-0.1, -0.05) is 60.7 Å². The normalized spacial score (nSPS) is 21.4. The number of anilines is 3. The van der Waals surface area contributed by atoms with Crippen LogP contribution in [0.5, 0.6) is 0 Å². The fourth-order valence-corrected chi connectivity index (χ4v) is 6.81. The molecule has 8 rings (SSSR count). The highest BCUT2D eigenvalue weighted by Crippen LogP contribution is 2.39. The molecule has 17 heteroatoms. The average molecular weight is 718 g/mol. The highest BCUT2D eigenvalue weighted by molar-refractivity contribution is 5.89. The minimum atomic E-state index is -1.35. The number of ether oxygens (including phenoxy) is 1. The Morgan fingerprint density at radius 3 is 2.47 bits per heavy atom. The van der Waals surface area contributed by atoms with Gasteiger partial charge in [-0.3, -0.25) is 9.55 Å². The average Bonchev–Trinajstić information content (AvgIpc) is 4.00. The molecule has 2 aromatic carbocycles. The van der Waals surface area contributed by atoms with Crippen LogP contribution in [0, 0.1) is 0 Å². The van der Waals surface area contributed by atoms with Crippen molar-refractivity contribution in [1.82, 2.24) is 50.0 Å². The van der Waals surface area contributed by atoms with Crippen molar-refractivity contribution >= 4 is 34.6 Å². The molecule has 0 aliphatic carbocycles. The van der Waals surface area contributed by atoms with Crippen LogP contribution < -0.4 is 20.9 Å². The maximum absolute atomic E-state index is 12.8. The summed E-state index contributed by atoms with van der Waals surface area (Å²) in [6, 6.07) is 23.5. The van der Waals surface area contributed by atoms with Crippen molar-refractivity contribution < 1.29 is 19.7 Å². The number of aliphatic hydroxyl groups excluding tert-OH is 2. The van der Waals surface area contributed by atoms with Gasteiger partial charge in [-0.2, -0.15) is 14.8 Å². The number of fused-ring (bicyclic) bond motifs is 1. The second-order valence-electron chi connectivity index (χ2n) is 13.0. The van der Waals surface area contributed by atoms with E-state index in [0.29, 0.717) is 61.2 Å². The molecule has 0 radical (unpaired) electrons. The fraction of sp³-hybridized carbons (Fsp3) is 0.333. The quantitative estimate of drug-likeness (QED) is 0.131. The number of benzene rings is 2. The number of amides is 2. The van der Waals surface area contributed by atoms with Crippen molar-refractivity contribution in [2.75, 3.05) is 35.2 Å². The topological polar surface area (TPSA) is 206 Å². The van der Waals surface area contributed by atoms with E-state index in [4.69, 9.17) is 14.7 Å². The predicted molar refractivity (Wildman–Crippen MR) is 194 cm³/mol. The van der Waals surface area contributed by atoms with Crippen LogP contribution in [0.3, 0.4) is 0 Å². The zero-order chi connectivity index (χ0) is 36.3. The summed E-state index contributed by atoms with van der Waals surface area (Å²) in [7, 11) is 0. The summed E-state index contributed by atoms with van der Waals surface area (Å²) in [5.74, 6) is 1.06.